The molecule has 0 saturated carbocycles. The van der Waals surface area contributed by atoms with Gasteiger partial charge in [-0.15, -0.1) is 0 Å². The van der Waals surface area contributed by atoms with Crippen LogP contribution < -0.4 is 5.73 Å². The van der Waals surface area contributed by atoms with Crippen LogP contribution in [0.15, 0.2) is 47.1 Å². The summed E-state index contributed by atoms with van der Waals surface area (Å²) in [6.45, 7) is 1.97. The van der Waals surface area contributed by atoms with Gasteiger partial charge in [-0.2, -0.15) is 0 Å². The van der Waals surface area contributed by atoms with Gasteiger partial charge in [0.25, 0.3) is 0 Å². The average Bonchev–Trinajstić information content (AvgIpc) is 2.84. The van der Waals surface area contributed by atoms with Crippen molar-refractivity contribution >= 4 is 11.0 Å². The predicted molar refractivity (Wildman–Crippen MR) is 71.2 cm³/mol. The van der Waals surface area contributed by atoms with Crippen molar-refractivity contribution in [3.05, 3.63) is 65.4 Å². The molecule has 19 heavy (non-hydrogen) atoms. The normalized spacial score (nSPS) is 12.8. The van der Waals surface area contributed by atoms with Crippen molar-refractivity contribution in [1.82, 2.24) is 4.98 Å². The van der Waals surface area contributed by atoms with Gasteiger partial charge in [-0.1, -0.05) is 18.2 Å². The number of nitrogens with two attached hydrogens (primary N) is 1. The van der Waals surface area contributed by atoms with Crippen molar-refractivity contribution in [3.8, 4) is 0 Å². The van der Waals surface area contributed by atoms with Crippen molar-refractivity contribution in [2.45, 2.75) is 13.0 Å². The van der Waals surface area contributed by atoms with Crippen LogP contribution in [0.2, 0.25) is 0 Å². The zero-order valence-corrected chi connectivity index (χ0v) is 10.4. The third-order valence-corrected chi connectivity index (χ3v) is 3.21. The van der Waals surface area contributed by atoms with Gasteiger partial charge in [0.15, 0.2) is 0 Å². The molecule has 0 saturated heterocycles. The summed E-state index contributed by atoms with van der Waals surface area (Å²) in [5.41, 5.74) is 8.28. The molecule has 1 aromatic carbocycles. The first-order chi connectivity index (χ1) is 9.16. The molecule has 96 valence electrons. The molecule has 1 atom stereocenters. The second-order valence-electron chi connectivity index (χ2n) is 4.52. The number of nitrogens with zero attached hydrogens (tertiary/aromatic N) is 1. The maximum atomic E-state index is 13.7. The molecule has 4 heteroatoms. The van der Waals surface area contributed by atoms with Crippen molar-refractivity contribution < 1.29 is 8.81 Å². The van der Waals surface area contributed by atoms with Crippen LogP contribution in [0.4, 0.5) is 4.39 Å². The fraction of sp³-hybridized carbons (Fsp3) is 0.133. The van der Waals surface area contributed by atoms with Crippen molar-refractivity contribution in [3.63, 3.8) is 0 Å². The molecule has 2 heterocycles. The summed E-state index contributed by atoms with van der Waals surface area (Å²) in [5, 5.41) is 0.972. The minimum absolute atomic E-state index is 0.381. The highest BCUT2D eigenvalue weighted by atomic mass is 19.1. The number of para-hydroxylation sites is 1. The van der Waals surface area contributed by atoms with E-state index in [2.05, 4.69) is 4.98 Å². The maximum absolute atomic E-state index is 13.7. The molecule has 3 nitrogen and oxygen atoms in total. The molecule has 0 aliphatic rings. The highest BCUT2D eigenvalue weighted by Gasteiger charge is 2.18. The van der Waals surface area contributed by atoms with Crippen LogP contribution >= 0.6 is 0 Å². The Hall–Kier alpha value is -2.20. The van der Waals surface area contributed by atoms with Gasteiger partial charge in [-0.3, -0.25) is 4.98 Å². The number of furan rings is 1. The second kappa shape index (κ2) is 4.48. The molecular formula is C15H13FN2O. The number of pyridine rings is 1. The van der Waals surface area contributed by atoms with Crippen LogP contribution in [0, 0.1) is 12.7 Å². The number of hydrogen-bond donors (Lipinski definition) is 1. The van der Waals surface area contributed by atoms with Gasteiger partial charge in [0, 0.05) is 17.1 Å². The lowest BCUT2D eigenvalue weighted by atomic mass is 10.1. The van der Waals surface area contributed by atoms with Gasteiger partial charge in [0.1, 0.15) is 17.2 Å². The quantitative estimate of drug-likeness (QED) is 0.765. The number of rotatable bonds is 2. The van der Waals surface area contributed by atoms with E-state index in [4.69, 9.17) is 10.2 Å². The van der Waals surface area contributed by atoms with Gasteiger partial charge in [0.2, 0.25) is 0 Å². The Balaban J connectivity index is 2.10. The number of aryl methyl sites for hydroxylation is 1. The van der Waals surface area contributed by atoms with E-state index in [0.29, 0.717) is 11.3 Å². The van der Waals surface area contributed by atoms with Crippen LogP contribution in [0.25, 0.3) is 11.0 Å². The van der Waals surface area contributed by atoms with E-state index in [-0.39, 0.29) is 0 Å². The smallest absolute Gasteiger partial charge is 0.146 e. The van der Waals surface area contributed by atoms with Crippen molar-refractivity contribution in [2.75, 3.05) is 0 Å². The number of benzene rings is 1. The van der Waals surface area contributed by atoms with E-state index in [1.165, 1.54) is 6.20 Å². The SMILES string of the molecule is Cc1cccc2cc(C(N)c3ccncc3F)oc12. The molecule has 0 radical (unpaired) electrons. The lowest BCUT2D eigenvalue weighted by Gasteiger charge is -2.09. The summed E-state index contributed by atoms with van der Waals surface area (Å²) in [7, 11) is 0. The molecule has 0 aliphatic carbocycles. The zero-order valence-electron chi connectivity index (χ0n) is 10.4. The summed E-state index contributed by atoms with van der Waals surface area (Å²) in [6.07, 6.45) is 2.68. The third-order valence-electron chi connectivity index (χ3n) is 3.21. The molecule has 3 aromatic rings. The lowest BCUT2D eigenvalue weighted by Crippen LogP contribution is -2.12. The van der Waals surface area contributed by atoms with E-state index >= 15 is 0 Å². The standard InChI is InChI=1S/C15H13FN2O/c1-9-3-2-4-10-7-13(19-15(9)10)14(17)11-5-6-18-8-12(11)16/h2-8,14H,17H2,1H3. The molecule has 1 unspecified atom stereocenters. The van der Waals surface area contributed by atoms with Gasteiger partial charge in [-0.05, 0) is 24.6 Å². The van der Waals surface area contributed by atoms with Crippen LogP contribution in [0.3, 0.4) is 0 Å². The maximum Gasteiger partial charge on any atom is 0.146 e. The largest absolute Gasteiger partial charge is 0.459 e. The topological polar surface area (TPSA) is 52.0 Å². The Morgan fingerprint density at radius 3 is 2.89 bits per heavy atom. The number of halogens is 1. The summed E-state index contributed by atoms with van der Waals surface area (Å²) >= 11 is 0. The van der Waals surface area contributed by atoms with E-state index in [9.17, 15) is 4.39 Å². The number of aromatic nitrogens is 1. The fourth-order valence-corrected chi connectivity index (χ4v) is 2.17. The monoisotopic (exact) mass is 256 g/mol. The van der Waals surface area contributed by atoms with E-state index in [1.807, 2.05) is 31.2 Å². The van der Waals surface area contributed by atoms with E-state index in [0.717, 1.165) is 22.7 Å². The predicted octanol–water partition coefficient (Wildman–Crippen LogP) is 3.32. The van der Waals surface area contributed by atoms with Crippen molar-refractivity contribution in [2.24, 2.45) is 5.73 Å². The van der Waals surface area contributed by atoms with Crippen LogP contribution in [-0.4, -0.2) is 4.98 Å². The van der Waals surface area contributed by atoms with Gasteiger partial charge in [0.05, 0.1) is 12.2 Å². The summed E-state index contributed by atoms with van der Waals surface area (Å²) in [5.74, 6) is 0.126. The molecule has 2 aromatic heterocycles. The van der Waals surface area contributed by atoms with Gasteiger partial charge >= 0.3 is 0 Å². The van der Waals surface area contributed by atoms with Gasteiger partial charge < -0.3 is 10.2 Å². The molecular weight excluding hydrogens is 243 g/mol. The molecule has 0 aliphatic heterocycles. The van der Waals surface area contributed by atoms with Crippen LogP contribution in [0.1, 0.15) is 22.9 Å². The Morgan fingerprint density at radius 2 is 2.16 bits per heavy atom. The molecule has 0 fully saturated rings. The van der Waals surface area contributed by atoms with Crippen LogP contribution in [0.5, 0.6) is 0 Å². The Kier molecular flexibility index (Phi) is 2.80. The van der Waals surface area contributed by atoms with E-state index < -0.39 is 11.9 Å². The molecule has 2 N–H and O–H groups in total. The first kappa shape index (κ1) is 11.9. The summed E-state index contributed by atoms with van der Waals surface area (Å²) in [6, 6.07) is 8.66. The molecule has 3 rings (SSSR count). The Morgan fingerprint density at radius 1 is 1.32 bits per heavy atom. The highest BCUT2D eigenvalue weighted by molar-refractivity contribution is 5.81. The summed E-state index contributed by atoms with van der Waals surface area (Å²) in [4.78, 5) is 3.72. The van der Waals surface area contributed by atoms with Crippen LogP contribution in [-0.2, 0) is 0 Å². The highest BCUT2D eigenvalue weighted by Crippen LogP contribution is 2.29. The van der Waals surface area contributed by atoms with Gasteiger partial charge in [-0.25, -0.2) is 4.39 Å². The first-order valence-corrected chi connectivity index (χ1v) is 6.01. The Labute approximate surface area is 109 Å². The fourth-order valence-electron chi connectivity index (χ4n) is 2.17. The molecule has 0 spiro atoms. The number of fused-ring (bicyclic) bond motifs is 1. The minimum atomic E-state index is -0.630. The molecule has 0 amide bonds. The Bertz CT molecular complexity index is 736. The second-order valence-corrected chi connectivity index (χ2v) is 4.52. The number of hydrogen-bond acceptors (Lipinski definition) is 3. The average molecular weight is 256 g/mol. The molecule has 0 bridgehead atoms. The van der Waals surface area contributed by atoms with Crippen molar-refractivity contribution in [1.29, 1.82) is 0 Å². The lowest BCUT2D eigenvalue weighted by molar-refractivity contribution is 0.508. The van der Waals surface area contributed by atoms with E-state index in [1.54, 1.807) is 6.07 Å². The minimum Gasteiger partial charge on any atom is -0.459 e. The third kappa shape index (κ3) is 2.00. The zero-order chi connectivity index (χ0) is 13.4. The summed E-state index contributed by atoms with van der Waals surface area (Å²) < 4.78 is 19.4. The first-order valence-electron chi connectivity index (χ1n) is 6.01.